The maximum atomic E-state index is 11.1. The zero-order valence-corrected chi connectivity index (χ0v) is 16.8. The monoisotopic (exact) mass is 417 g/mol. The van der Waals surface area contributed by atoms with Crippen LogP contribution in [0.1, 0.15) is 0 Å². The zero-order valence-electron chi connectivity index (χ0n) is 16.0. The topological polar surface area (TPSA) is 112 Å². The lowest BCUT2D eigenvalue weighted by molar-refractivity contribution is -0.131. The lowest BCUT2D eigenvalue weighted by Gasteiger charge is -2.13. The van der Waals surface area contributed by atoms with Gasteiger partial charge in [0.15, 0.2) is 18.1 Å². The number of benzene rings is 2. The lowest BCUT2D eigenvalue weighted by Crippen LogP contribution is -2.25. The van der Waals surface area contributed by atoms with Gasteiger partial charge in [0.2, 0.25) is 5.75 Å². The third kappa shape index (κ3) is 4.55. The summed E-state index contributed by atoms with van der Waals surface area (Å²) in [5.41, 5.74) is 3.07. The Morgan fingerprint density at radius 2 is 1.66 bits per heavy atom. The normalized spacial score (nSPS) is 10.3. The Labute approximate surface area is 170 Å². The zero-order chi connectivity index (χ0) is 20.8. The molecule has 10 heteroatoms. The van der Waals surface area contributed by atoms with Crippen LogP contribution in [0, 0.1) is 0 Å². The van der Waals surface area contributed by atoms with Crippen molar-refractivity contribution in [3.05, 3.63) is 36.4 Å². The molecule has 3 rings (SSSR count). The molecule has 0 spiro atoms. The minimum Gasteiger partial charge on any atom is -0.493 e. The van der Waals surface area contributed by atoms with Gasteiger partial charge < -0.3 is 18.9 Å². The summed E-state index contributed by atoms with van der Waals surface area (Å²) in [6, 6.07) is 10.7. The Morgan fingerprint density at radius 1 is 1.00 bits per heavy atom. The molecule has 0 fully saturated rings. The molecule has 29 heavy (non-hydrogen) atoms. The van der Waals surface area contributed by atoms with E-state index in [0.29, 0.717) is 33.0 Å². The molecule has 0 aliphatic rings. The number of aromatic nitrogens is 2. The first-order valence-electron chi connectivity index (χ1n) is 8.39. The van der Waals surface area contributed by atoms with E-state index < -0.39 is 5.91 Å². The molecule has 2 N–H and O–H groups in total. The summed E-state index contributed by atoms with van der Waals surface area (Å²) in [6.07, 6.45) is 0. The number of hydrogen-bond donors (Lipinski definition) is 2. The molecular weight excluding hydrogens is 398 g/mol. The highest BCUT2D eigenvalue weighted by Gasteiger charge is 2.17. The predicted molar refractivity (Wildman–Crippen MR) is 106 cm³/mol. The summed E-state index contributed by atoms with van der Waals surface area (Å²) in [6.45, 7) is -0.299. The average Bonchev–Trinajstić information content (AvgIpc) is 3.26. The molecule has 0 atom stereocenters. The van der Waals surface area contributed by atoms with Crippen LogP contribution < -0.4 is 24.4 Å². The van der Waals surface area contributed by atoms with Crippen molar-refractivity contribution in [2.24, 2.45) is 0 Å². The van der Waals surface area contributed by atoms with E-state index in [2.05, 4.69) is 10.2 Å². The predicted octanol–water partition coefficient (Wildman–Crippen LogP) is 2.78. The fraction of sp³-hybridized carbons (Fsp3) is 0.211. The Hall–Kier alpha value is -3.37. The van der Waals surface area contributed by atoms with Crippen molar-refractivity contribution in [2.45, 2.75) is 0 Å². The van der Waals surface area contributed by atoms with E-state index in [1.165, 1.54) is 16.8 Å². The molecule has 0 aliphatic carbocycles. The quantitative estimate of drug-likeness (QED) is 0.425. The maximum absolute atomic E-state index is 11.1. The van der Waals surface area contributed by atoms with Gasteiger partial charge in [0.05, 0.1) is 21.3 Å². The third-order valence-corrected chi connectivity index (χ3v) is 4.93. The van der Waals surface area contributed by atoms with Gasteiger partial charge in [0, 0.05) is 11.1 Å². The first-order valence-corrected chi connectivity index (χ1v) is 9.21. The van der Waals surface area contributed by atoms with Gasteiger partial charge >= 0.3 is 0 Å². The first kappa shape index (κ1) is 20.4. The van der Waals surface area contributed by atoms with E-state index >= 15 is 0 Å². The second-order valence-electron chi connectivity index (χ2n) is 5.68. The summed E-state index contributed by atoms with van der Waals surface area (Å²) in [7, 11) is 4.65. The SMILES string of the molecule is COc1cc(-c2nnc(-c3cccc(OCC(=O)NO)c3)s2)cc(OC)c1OC. The van der Waals surface area contributed by atoms with Crippen molar-refractivity contribution < 1.29 is 28.9 Å². The van der Waals surface area contributed by atoms with Gasteiger partial charge in [-0.25, -0.2) is 5.48 Å². The van der Waals surface area contributed by atoms with Gasteiger partial charge in [0.1, 0.15) is 15.8 Å². The lowest BCUT2D eigenvalue weighted by atomic mass is 10.2. The van der Waals surface area contributed by atoms with Crippen LogP contribution in [-0.4, -0.2) is 49.2 Å². The summed E-state index contributed by atoms with van der Waals surface area (Å²) in [5, 5.41) is 18.4. The number of nitrogens with one attached hydrogen (secondary N) is 1. The standard InChI is InChI=1S/C19H19N3O6S/c1-25-14-8-12(9-15(26-2)17(14)27-3)19-21-20-18(29-19)11-5-4-6-13(7-11)28-10-16(23)22-24/h4-9,24H,10H2,1-3H3,(H,22,23). The molecule has 1 amide bonds. The van der Waals surface area contributed by atoms with E-state index in [-0.39, 0.29) is 6.61 Å². The highest BCUT2D eigenvalue weighted by atomic mass is 32.1. The fourth-order valence-electron chi connectivity index (χ4n) is 2.56. The van der Waals surface area contributed by atoms with Crippen LogP contribution in [0.3, 0.4) is 0 Å². The van der Waals surface area contributed by atoms with E-state index in [9.17, 15) is 4.79 Å². The Balaban J connectivity index is 1.89. The van der Waals surface area contributed by atoms with Crippen LogP contribution in [0.15, 0.2) is 36.4 Å². The second-order valence-corrected chi connectivity index (χ2v) is 6.66. The van der Waals surface area contributed by atoms with E-state index in [1.54, 1.807) is 51.7 Å². The number of ether oxygens (including phenoxy) is 4. The largest absolute Gasteiger partial charge is 0.493 e. The highest BCUT2D eigenvalue weighted by molar-refractivity contribution is 7.17. The van der Waals surface area contributed by atoms with Crippen LogP contribution >= 0.6 is 11.3 Å². The van der Waals surface area contributed by atoms with Gasteiger partial charge in [-0.1, -0.05) is 23.5 Å². The second kappa shape index (κ2) is 9.22. The van der Waals surface area contributed by atoms with Crippen molar-refractivity contribution in [1.29, 1.82) is 0 Å². The van der Waals surface area contributed by atoms with Crippen molar-refractivity contribution in [2.75, 3.05) is 27.9 Å². The number of carbonyl (C=O) groups excluding carboxylic acids is 1. The fourth-order valence-corrected chi connectivity index (χ4v) is 3.39. The van der Waals surface area contributed by atoms with Crippen molar-refractivity contribution in [3.8, 4) is 44.1 Å². The van der Waals surface area contributed by atoms with Crippen LogP contribution in [0.25, 0.3) is 21.1 Å². The summed E-state index contributed by atoms with van der Waals surface area (Å²) in [5.74, 6) is 1.37. The molecule has 0 radical (unpaired) electrons. The molecule has 0 unspecified atom stereocenters. The van der Waals surface area contributed by atoms with E-state index in [4.69, 9.17) is 24.2 Å². The summed E-state index contributed by atoms with van der Waals surface area (Å²) in [4.78, 5) is 11.1. The Kier molecular flexibility index (Phi) is 6.47. The molecule has 3 aromatic rings. The van der Waals surface area contributed by atoms with Gasteiger partial charge in [-0.3, -0.25) is 10.0 Å². The minimum absolute atomic E-state index is 0.299. The summed E-state index contributed by atoms with van der Waals surface area (Å²) >= 11 is 1.38. The molecule has 2 aromatic carbocycles. The van der Waals surface area contributed by atoms with Gasteiger partial charge in [-0.2, -0.15) is 0 Å². The van der Waals surface area contributed by atoms with Crippen molar-refractivity contribution in [1.82, 2.24) is 15.7 Å². The highest BCUT2D eigenvalue weighted by Crippen LogP contribution is 2.42. The molecular formula is C19H19N3O6S. The average molecular weight is 417 g/mol. The molecule has 0 aliphatic heterocycles. The number of amides is 1. The van der Waals surface area contributed by atoms with E-state index in [1.807, 2.05) is 6.07 Å². The number of hydrogen-bond acceptors (Lipinski definition) is 9. The van der Waals surface area contributed by atoms with Crippen molar-refractivity contribution >= 4 is 17.2 Å². The third-order valence-electron chi connectivity index (χ3n) is 3.91. The molecule has 152 valence electrons. The Bertz CT molecular complexity index is 982. The van der Waals surface area contributed by atoms with Crippen LogP contribution in [0.5, 0.6) is 23.0 Å². The van der Waals surface area contributed by atoms with Gasteiger partial charge in [-0.15, -0.1) is 10.2 Å². The Morgan fingerprint density at radius 3 is 2.24 bits per heavy atom. The van der Waals surface area contributed by atoms with Crippen LogP contribution in [0.2, 0.25) is 0 Å². The number of hydroxylamine groups is 1. The molecule has 0 saturated carbocycles. The number of methoxy groups -OCH3 is 3. The molecule has 9 nitrogen and oxygen atoms in total. The first-order chi connectivity index (χ1) is 14.1. The van der Waals surface area contributed by atoms with Gasteiger partial charge in [-0.05, 0) is 24.3 Å². The molecule has 1 heterocycles. The van der Waals surface area contributed by atoms with Gasteiger partial charge in [0.25, 0.3) is 5.91 Å². The summed E-state index contributed by atoms with van der Waals surface area (Å²) < 4.78 is 21.5. The smallest absolute Gasteiger partial charge is 0.281 e. The molecule has 0 bridgehead atoms. The van der Waals surface area contributed by atoms with E-state index in [0.717, 1.165) is 11.1 Å². The number of nitrogens with zero attached hydrogens (tertiary/aromatic N) is 2. The van der Waals surface area contributed by atoms with Crippen LogP contribution in [-0.2, 0) is 4.79 Å². The maximum Gasteiger partial charge on any atom is 0.281 e. The molecule has 0 saturated heterocycles. The minimum atomic E-state index is -0.643. The van der Waals surface area contributed by atoms with Crippen LogP contribution in [0.4, 0.5) is 0 Å². The number of carbonyl (C=O) groups is 1. The number of rotatable bonds is 8. The van der Waals surface area contributed by atoms with Crippen molar-refractivity contribution in [3.63, 3.8) is 0 Å². The molecule has 1 aromatic heterocycles.